The Morgan fingerprint density at radius 2 is 2.19 bits per heavy atom. The average molecular weight is 403 g/mol. The van der Waals surface area contributed by atoms with Crippen molar-refractivity contribution in [3.63, 3.8) is 0 Å². The number of nitrogens with zero attached hydrogens (tertiary/aromatic N) is 1. The minimum Gasteiger partial charge on any atom is -0.489 e. The Balaban J connectivity index is 1.70. The molecule has 1 N–H and O–H groups in total. The third-order valence-corrected chi connectivity index (χ3v) is 4.72. The van der Waals surface area contributed by atoms with Crippen LogP contribution >= 0.6 is 22.9 Å². The number of amides is 1. The number of rotatable bonds is 7. The SMILES string of the molecule is C=CCNC(=O)c1csc(-c2ccc(OCc3cccc(Cl)c3)cc2F)n1. The van der Waals surface area contributed by atoms with Gasteiger partial charge in [0.05, 0.1) is 0 Å². The molecule has 0 saturated heterocycles. The summed E-state index contributed by atoms with van der Waals surface area (Å²) in [7, 11) is 0. The van der Waals surface area contributed by atoms with Crippen molar-refractivity contribution >= 4 is 28.8 Å². The Bertz CT molecular complexity index is 974. The van der Waals surface area contributed by atoms with Gasteiger partial charge < -0.3 is 10.1 Å². The second kappa shape index (κ2) is 8.79. The van der Waals surface area contributed by atoms with Gasteiger partial charge in [-0.2, -0.15) is 0 Å². The summed E-state index contributed by atoms with van der Waals surface area (Å²) in [5.74, 6) is -0.387. The molecule has 27 heavy (non-hydrogen) atoms. The first-order chi connectivity index (χ1) is 13.1. The fraction of sp³-hybridized carbons (Fsp3) is 0.100. The highest BCUT2D eigenvalue weighted by Gasteiger charge is 2.14. The fourth-order valence-corrected chi connectivity index (χ4v) is 3.35. The summed E-state index contributed by atoms with van der Waals surface area (Å²) >= 11 is 7.14. The number of carbonyl (C=O) groups is 1. The van der Waals surface area contributed by atoms with E-state index in [1.807, 2.05) is 12.1 Å². The summed E-state index contributed by atoms with van der Waals surface area (Å²) in [4.78, 5) is 16.1. The lowest BCUT2D eigenvalue weighted by Gasteiger charge is -2.08. The molecule has 0 bridgehead atoms. The first-order valence-corrected chi connectivity index (χ1v) is 9.34. The minimum absolute atomic E-state index is 0.248. The summed E-state index contributed by atoms with van der Waals surface area (Å²) in [6.45, 7) is 4.16. The summed E-state index contributed by atoms with van der Waals surface area (Å²) in [6, 6.07) is 11.8. The maximum Gasteiger partial charge on any atom is 0.271 e. The van der Waals surface area contributed by atoms with Crippen molar-refractivity contribution in [3.8, 4) is 16.3 Å². The normalized spacial score (nSPS) is 10.4. The van der Waals surface area contributed by atoms with Crippen LogP contribution in [0.2, 0.25) is 5.02 Å². The quantitative estimate of drug-likeness (QED) is 0.559. The molecule has 2 aromatic carbocycles. The van der Waals surface area contributed by atoms with Gasteiger partial charge in [0.25, 0.3) is 5.91 Å². The largest absolute Gasteiger partial charge is 0.489 e. The van der Waals surface area contributed by atoms with E-state index in [1.54, 1.807) is 35.7 Å². The van der Waals surface area contributed by atoms with Crippen LogP contribution in [0, 0.1) is 5.82 Å². The molecule has 0 aliphatic rings. The Hall–Kier alpha value is -2.70. The highest BCUT2D eigenvalue weighted by molar-refractivity contribution is 7.13. The number of ether oxygens (including phenoxy) is 1. The van der Waals surface area contributed by atoms with Crippen LogP contribution in [0.5, 0.6) is 5.75 Å². The molecule has 4 nitrogen and oxygen atoms in total. The molecule has 7 heteroatoms. The summed E-state index contributed by atoms with van der Waals surface area (Å²) < 4.78 is 20.1. The molecule has 0 atom stereocenters. The maximum absolute atomic E-state index is 14.5. The summed E-state index contributed by atoms with van der Waals surface area (Å²) in [5.41, 5.74) is 1.46. The zero-order valence-corrected chi connectivity index (χ0v) is 15.8. The highest BCUT2D eigenvalue weighted by Crippen LogP contribution is 2.29. The number of aromatic nitrogens is 1. The average Bonchev–Trinajstić information content (AvgIpc) is 3.14. The van der Waals surface area contributed by atoms with Crippen LogP contribution in [0.25, 0.3) is 10.6 Å². The molecule has 3 rings (SSSR count). The molecule has 0 aliphatic heterocycles. The molecule has 1 amide bonds. The number of carbonyl (C=O) groups excluding carboxylic acids is 1. The summed E-state index contributed by atoms with van der Waals surface area (Å²) in [5, 5.41) is 5.28. The van der Waals surface area contributed by atoms with E-state index in [0.717, 1.165) is 5.56 Å². The lowest BCUT2D eigenvalue weighted by molar-refractivity contribution is 0.0954. The van der Waals surface area contributed by atoms with Crippen LogP contribution in [0.3, 0.4) is 0 Å². The Morgan fingerprint density at radius 3 is 2.93 bits per heavy atom. The minimum atomic E-state index is -0.467. The summed E-state index contributed by atoms with van der Waals surface area (Å²) in [6.07, 6.45) is 1.58. The van der Waals surface area contributed by atoms with Crippen molar-refractivity contribution in [1.82, 2.24) is 10.3 Å². The molecule has 0 saturated carbocycles. The van der Waals surface area contributed by atoms with Gasteiger partial charge in [-0.05, 0) is 29.8 Å². The zero-order chi connectivity index (χ0) is 19.2. The van der Waals surface area contributed by atoms with Crippen molar-refractivity contribution in [2.75, 3.05) is 6.54 Å². The van der Waals surface area contributed by atoms with E-state index in [9.17, 15) is 9.18 Å². The Morgan fingerprint density at radius 1 is 1.33 bits per heavy atom. The van der Waals surface area contributed by atoms with Gasteiger partial charge in [-0.3, -0.25) is 4.79 Å². The zero-order valence-electron chi connectivity index (χ0n) is 14.2. The third kappa shape index (κ3) is 4.93. The maximum atomic E-state index is 14.5. The van der Waals surface area contributed by atoms with Gasteiger partial charge in [0.1, 0.15) is 28.9 Å². The van der Waals surface area contributed by atoms with Gasteiger partial charge in [0.15, 0.2) is 0 Å². The van der Waals surface area contributed by atoms with E-state index < -0.39 is 5.82 Å². The topological polar surface area (TPSA) is 51.2 Å². The number of halogens is 2. The first kappa shape index (κ1) is 19.1. The molecule has 138 valence electrons. The van der Waals surface area contributed by atoms with Crippen molar-refractivity contribution < 1.29 is 13.9 Å². The lowest BCUT2D eigenvalue weighted by atomic mass is 10.2. The Labute approximate surface area is 165 Å². The van der Waals surface area contributed by atoms with Crippen LogP contribution in [-0.2, 0) is 6.61 Å². The van der Waals surface area contributed by atoms with Gasteiger partial charge in [-0.15, -0.1) is 17.9 Å². The molecule has 0 aliphatic carbocycles. The molecular weight excluding hydrogens is 387 g/mol. The smallest absolute Gasteiger partial charge is 0.271 e. The van der Waals surface area contributed by atoms with Crippen molar-refractivity contribution in [2.45, 2.75) is 6.61 Å². The van der Waals surface area contributed by atoms with Crippen LogP contribution in [-0.4, -0.2) is 17.4 Å². The number of hydrogen-bond acceptors (Lipinski definition) is 4. The first-order valence-electron chi connectivity index (χ1n) is 8.08. The van der Waals surface area contributed by atoms with E-state index in [0.29, 0.717) is 27.9 Å². The van der Waals surface area contributed by atoms with Crippen LogP contribution in [0.1, 0.15) is 16.1 Å². The van der Waals surface area contributed by atoms with Gasteiger partial charge >= 0.3 is 0 Å². The molecule has 0 radical (unpaired) electrons. The molecular formula is C20H16ClFN2O2S. The molecule has 0 fully saturated rings. The van der Waals surface area contributed by atoms with Gasteiger partial charge in [-0.1, -0.05) is 29.8 Å². The van der Waals surface area contributed by atoms with Gasteiger partial charge in [0.2, 0.25) is 0 Å². The third-order valence-electron chi connectivity index (χ3n) is 3.61. The Kier molecular flexibility index (Phi) is 6.21. The van der Waals surface area contributed by atoms with Gasteiger partial charge in [-0.25, -0.2) is 9.37 Å². The molecule has 1 heterocycles. The van der Waals surface area contributed by atoms with Crippen LogP contribution in [0.4, 0.5) is 4.39 Å². The number of nitrogens with one attached hydrogen (secondary N) is 1. The van der Waals surface area contributed by atoms with E-state index in [2.05, 4.69) is 16.9 Å². The number of benzene rings is 2. The number of hydrogen-bond donors (Lipinski definition) is 1. The molecule has 1 aromatic heterocycles. The second-order valence-electron chi connectivity index (χ2n) is 5.60. The lowest BCUT2D eigenvalue weighted by Crippen LogP contribution is -2.23. The monoisotopic (exact) mass is 402 g/mol. The van der Waals surface area contributed by atoms with E-state index in [-0.39, 0.29) is 18.2 Å². The van der Waals surface area contributed by atoms with Crippen molar-refractivity contribution in [1.29, 1.82) is 0 Å². The molecule has 3 aromatic rings. The van der Waals surface area contributed by atoms with Crippen molar-refractivity contribution in [2.24, 2.45) is 0 Å². The fourth-order valence-electron chi connectivity index (χ4n) is 2.31. The van der Waals surface area contributed by atoms with E-state index in [1.165, 1.54) is 17.4 Å². The highest BCUT2D eigenvalue weighted by atomic mass is 35.5. The van der Waals surface area contributed by atoms with Crippen LogP contribution < -0.4 is 10.1 Å². The van der Waals surface area contributed by atoms with Crippen molar-refractivity contribution in [3.05, 3.63) is 82.6 Å². The second-order valence-corrected chi connectivity index (χ2v) is 6.89. The standard InChI is InChI=1S/C20H16ClFN2O2S/c1-2-8-23-19(25)18-12-27-20(24-18)16-7-6-15(10-17(16)22)26-11-13-4-3-5-14(21)9-13/h2-7,9-10,12H,1,8,11H2,(H,23,25). The van der Waals surface area contributed by atoms with E-state index in [4.69, 9.17) is 16.3 Å². The van der Waals surface area contributed by atoms with Gasteiger partial charge in [0, 0.05) is 28.6 Å². The number of thiazole rings is 1. The predicted octanol–water partition coefficient (Wildman–Crippen LogP) is 5.10. The molecule has 0 unspecified atom stereocenters. The van der Waals surface area contributed by atoms with E-state index >= 15 is 0 Å². The predicted molar refractivity (Wildman–Crippen MR) is 106 cm³/mol. The van der Waals surface area contributed by atoms with Crippen LogP contribution in [0.15, 0.2) is 60.5 Å². The molecule has 0 spiro atoms.